The van der Waals surface area contributed by atoms with Gasteiger partial charge in [-0.15, -0.1) is 0 Å². The van der Waals surface area contributed by atoms with E-state index >= 15 is 0 Å². The number of rotatable bonds is 3. The number of aromatic nitrogens is 2. The van der Waals surface area contributed by atoms with Crippen molar-refractivity contribution in [2.75, 3.05) is 5.01 Å². The van der Waals surface area contributed by atoms with E-state index in [4.69, 9.17) is 0 Å². The summed E-state index contributed by atoms with van der Waals surface area (Å²) in [4.78, 5) is 39.8. The molecule has 0 atom stereocenters. The van der Waals surface area contributed by atoms with E-state index in [1.165, 1.54) is 6.20 Å². The molecule has 1 aliphatic carbocycles. The summed E-state index contributed by atoms with van der Waals surface area (Å²) in [5, 5.41) is 14.0. The third-order valence-corrected chi connectivity index (χ3v) is 4.22. The molecule has 2 aliphatic rings. The third kappa shape index (κ3) is 2.39. The van der Waals surface area contributed by atoms with Crippen molar-refractivity contribution >= 4 is 34.4 Å². The molecule has 0 aromatic carbocycles. The van der Waals surface area contributed by atoms with Gasteiger partial charge in [0.15, 0.2) is 11.6 Å². The number of hydrazone groups is 1. The Morgan fingerprint density at radius 2 is 2.08 bits per heavy atom. The SMILES string of the molecule is CC1=NN(c2nc3c(cc2F)c(=O)c(C(=O)O)cn3C2CC2)C(=O)C1. The first-order chi connectivity index (χ1) is 11.9. The molecule has 1 N–H and O–H groups in total. The fourth-order valence-corrected chi connectivity index (χ4v) is 2.89. The number of aromatic carboxylic acids is 1. The van der Waals surface area contributed by atoms with Gasteiger partial charge in [0.2, 0.25) is 5.43 Å². The molecule has 1 saturated carbocycles. The van der Waals surface area contributed by atoms with Crippen LogP contribution in [-0.4, -0.2) is 32.2 Å². The van der Waals surface area contributed by atoms with Crippen LogP contribution in [0.15, 0.2) is 22.2 Å². The quantitative estimate of drug-likeness (QED) is 0.912. The molecule has 2 aromatic heterocycles. The number of carbonyl (C=O) groups is 2. The van der Waals surface area contributed by atoms with E-state index in [0.717, 1.165) is 23.9 Å². The van der Waals surface area contributed by atoms with Gasteiger partial charge in [-0.2, -0.15) is 10.1 Å². The number of carboxylic acids is 1. The van der Waals surface area contributed by atoms with Crippen LogP contribution in [0.3, 0.4) is 0 Å². The first-order valence-corrected chi connectivity index (χ1v) is 7.72. The Morgan fingerprint density at radius 1 is 1.36 bits per heavy atom. The number of halogens is 1. The van der Waals surface area contributed by atoms with Crippen molar-refractivity contribution in [2.45, 2.75) is 32.2 Å². The Labute approximate surface area is 140 Å². The topological polar surface area (TPSA) is 105 Å². The second-order valence-corrected chi connectivity index (χ2v) is 6.20. The lowest BCUT2D eigenvalue weighted by Gasteiger charge is -2.15. The van der Waals surface area contributed by atoms with E-state index < -0.39 is 28.7 Å². The molecule has 0 saturated heterocycles. The monoisotopic (exact) mass is 344 g/mol. The number of carbonyl (C=O) groups excluding carboxylic acids is 1. The van der Waals surface area contributed by atoms with Crippen molar-refractivity contribution in [3.8, 4) is 0 Å². The molecule has 0 radical (unpaired) electrons. The minimum atomic E-state index is -1.37. The molecule has 25 heavy (non-hydrogen) atoms. The molecule has 0 bridgehead atoms. The Kier molecular flexibility index (Phi) is 3.21. The second kappa shape index (κ2) is 5.20. The molecular formula is C16H13FN4O4. The van der Waals surface area contributed by atoms with E-state index in [9.17, 15) is 23.9 Å². The summed E-state index contributed by atoms with van der Waals surface area (Å²) in [5.74, 6) is -2.97. The zero-order chi connectivity index (χ0) is 17.9. The van der Waals surface area contributed by atoms with Crippen LogP contribution in [0.2, 0.25) is 0 Å². The maximum absolute atomic E-state index is 14.5. The highest BCUT2D eigenvalue weighted by Gasteiger charge is 2.31. The number of anilines is 1. The first-order valence-electron chi connectivity index (χ1n) is 7.72. The van der Waals surface area contributed by atoms with Crippen molar-refractivity contribution < 1.29 is 19.1 Å². The first kappa shape index (κ1) is 15.4. The molecular weight excluding hydrogens is 331 g/mol. The van der Waals surface area contributed by atoms with E-state index in [2.05, 4.69) is 10.1 Å². The molecule has 128 valence electrons. The average molecular weight is 344 g/mol. The van der Waals surface area contributed by atoms with Crippen molar-refractivity contribution in [1.29, 1.82) is 0 Å². The fourth-order valence-electron chi connectivity index (χ4n) is 2.89. The van der Waals surface area contributed by atoms with Crippen LogP contribution in [0.25, 0.3) is 11.0 Å². The Hall–Kier alpha value is -3.10. The molecule has 0 spiro atoms. The minimum Gasteiger partial charge on any atom is -0.477 e. The number of carboxylic acid groups (broad SMARTS) is 1. The molecule has 3 heterocycles. The predicted octanol–water partition coefficient (Wildman–Crippen LogP) is 1.68. The summed E-state index contributed by atoms with van der Waals surface area (Å²) >= 11 is 0. The van der Waals surface area contributed by atoms with Gasteiger partial charge in [-0.25, -0.2) is 14.2 Å². The van der Waals surface area contributed by atoms with Crippen LogP contribution < -0.4 is 10.4 Å². The normalized spacial score (nSPS) is 17.3. The van der Waals surface area contributed by atoms with Crippen molar-refractivity contribution in [2.24, 2.45) is 5.10 Å². The lowest BCUT2D eigenvalue weighted by Crippen LogP contribution is -2.24. The molecule has 1 fully saturated rings. The highest BCUT2D eigenvalue weighted by atomic mass is 19.1. The number of hydrogen-bond donors (Lipinski definition) is 1. The van der Waals surface area contributed by atoms with Gasteiger partial charge in [-0.1, -0.05) is 0 Å². The van der Waals surface area contributed by atoms with Gasteiger partial charge in [0.05, 0.1) is 11.8 Å². The van der Waals surface area contributed by atoms with Crippen molar-refractivity contribution in [3.05, 3.63) is 33.9 Å². The van der Waals surface area contributed by atoms with Gasteiger partial charge in [-0.3, -0.25) is 9.59 Å². The van der Waals surface area contributed by atoms with Gasteiger partial charge in [0.1, 0.15) is 11.2 Å². The molecule has 9 heteroatoms. The lowest BCUT2D eigenvalue weighted by atomic mass is 10.2. The van der Waals surface area contributed by atoms with Crippen LogP contribution in [-0.2, 0) is 4.79 Å². The zero-order valence-corrected chi connectivity index (χ0v) is 13.2. The molecule has 4 rings (SSSR count). The second-order valence-electron chi connectivity index (χ2n) is 6.20. The largest absolute Gasteiger partial charge is 0.477 e. The maximum atomic E-state index is 14.5. The van der Waals surface area contributed by atoms with E-state index in [-0.39, 0.29) is 29.3 Å². The smallest absolute Gasteiger partial charge is 0.341 e. The number of nitrogens with zero attached hydrogens (tertiary/aromatic N) is 4. The van der Waals surface area contributed by atoms with Crippen LogP contribution in [0.5, 0.6) is 0 Å². The zero-order valence-electron chi connectivity index (χ0n) is 13.2. The molecule has 1 aliphatic heterocycles. The summed E-state index contributed by atoms with van der Waals surface area (Å²) in [6.45, 7) is 1.65. The Morgan fingerprint density at radius 3 is 2.64 bits per heavy atom. The number of hydrogen-bond acceptors (Lipinski definition) is 5. The number of fused-ring (bicyclic) bond motifs is 1. The standard InChI is InChI=1S/C16H13FN4O4/c1-7-4-12(22)21(19-7)15-11(17)5-9-13(23)10(16(24)25)6-20(8-2-3-8)14(9)18-15/h5-6,8H,2-4H2,1H3,(H,24,25). The predicted molar refractivity (Wildman–Crippen MR) is 86.4 cm³/mol. The van der Waals surface area contributed by atoms with Gasteiger partial charge >= 0.3 is 5.97 Å². The van der Waals surface area contributed by atoms with Crippen LogP contribution in [0, 0.1) is 5.82 Å². The summed E-state index contributed by atoms with van der Waals surface area (Å²) in [6.07, 6.45) is 2.93. The summed E-state index contributed by atoms with van der Waals surface area (Å²) in [5.41, 5.74) is -0.544. The third-order valence-electron chi connectivity index (χ3n) is 4.22. The summed E-state index contributed by atoms with van der Waals surface area (Å²) in [6, 6.07) is 0.938. The Bertz CT molecular complexity index is 1040. The highest BCUT2D eigenvalue weighted by molar-refractivity contribution is 6.12. The van der Waals surface area contributed by atoms with E-state index in [1.807, 2.05) is 0 Å². The molecule has 0 unspecified atom stereocenters. The molecule has 8 nitrogen and oxygen atoms in total. The van der Waals surface area contributed by atoms with Gasteiger partial charge < -0.3 is 9.67 Å². The summed E-state index contributed by atoms with van der Waals surface area (Å²) < 4.78 is 16.1. The van der Waals surface area contributed by atoms with E-state index in [1.54, 1.807) is 11.5 Å². The Balaban J connectivity index is 2.01. The molecule has 2 aromatic rings. The highest BCUT2D eigenvalue weighted by Crippen LogP contribution is 2.37. The van der Waals surface area contributed by atoms with Crippen LogP contribution >= 0.6 is 0 Å². The fraction of sp³-hybridized carbons (Fsp3) is 0.312. The van der Waals surface area contributed by atoms with Gasteiger partial charge in [0, 0.05) is 18.0 Å². The number of amides is 1. The van der Waals surface area contributed by atoms with Crippen LogP contribution in [0.1, 0.15) is 42.6 Å². The number of pyridine rings is 2. The summed E-state index contributed by atoms with van der Waals surface area (Å²) in [7, 11) is 0. The van der Waals surface area contributed by atoms with Crippen LogP contribution in [0.4, 0.5) is 10.2 Å². The van der Waals surface area contributed by atoms with Gasteiger partial charge in [-0.05, 0) is 25.8 Å². The maximum Gasteiger partial charge on any atom is 0.341 e. The lowest BCUT2D eigenvalue weighted by molar-refractivity contribution is -0.117. The van der Waals surface area contributed by atoms with Crippen molar-refractivity contribution in [3.63, 3.8) is 0 Å². The van der Waals surface area contributed by atoms with Gasteiger partial charge in [0.25, 0.3) is 5.91 Å². The van der Waals surface area contributed by atoms with Crippen molar-refractivity contribution in [1.82, 2.24) is 9.55 Å². The molecule has 1 amide bonds. The van der Waals surface area contributed by atoms with E-state index in [0.29, 0.717) is 5.71 Å². The average Bonchev–Trinajstić information content (AvgIpc) is 3.32. The minimum absolute atomic E-state index is 0.00604.